The molecule has 0 aromatic heterocycles. The minimum atomic E-state index is -2.68. The highest BCUT2D eigenvalue weighted by Gasteiger charge is 2.27. The lowest BCUT2D eigenvalue weighted by Gasteiger charge is -2.26. The molecule has 0 aromatic carbocycles. The van der Waals surface area contributed by atoms with E-state index in [9.17, 15) is 8.42 Å². The van der Waals surface area contributed by atoms with Crippen molar-refractivity contribution in [3.05, 3.63) is 0 Å². The van der Waals surface area contributed by atoms with Crippen LogP contribution in [0.5, 0.6) is 0 Å². The molecule has 0 saturated carbocycles. The quantitative estimate of drug-likeness (QED) is 0.737. The lowest BCUT2D eigenvalue weighted by atomic mass is 9.96. The van der Waals surface area contributed by atoms with Crippen LogP contribution in [0.25, 0.3) is 0 Å². The van der Waals surface area contributed by atoms with Crippen LogP contribution in [0.1, 0.15) is 32.6 Å². The summed E-state index contributed by atoms with van der Waals surface area (Å²) in [6.45, 7) is 2.16. The highest BCUT2D eigenvalue weighted by molar-refractivity contribution is 9.09. The lowest BCUT2D eigenvalue weighted by molar-refractivity contribution is 0.438. The molecule has 0 aromatic rings. The summed E-state index contributed by atoms with van der Waals surface area (Å²) < 4.78 is 22.3. The fourth-order valence-corrected chi connectivity index (χ4v) is 4.30. The molecule has 1 aliphatic rings. The van der Waals surface area contributed by atoms with Crippen LogP contribution in [0.15, 0.2) is 0 Å². The van der Waals surface area contributed by atoms with Crippen molar-refractivity contribution < 1.29 is 8.42 Å². The Kier molecular flexibility index (Phi) is 4.23. The number of halogens is 1. The molecule has 1 heterocycles. The van der Waals surface area contributed by atoms with Crippen molar-refractivity contribution in [1.82, 2.24) is 0 Å². The van der Waals surface area contributed by atoms with Gasteiger partial charge in [-0.15, -0.1) is 0 Å². The molecule has 1 unspecified atom stereocenters. The zero-order valence-electron chi connectivity index (χ0n) is 8.00. The van der Waals surface area contributed by atoms with E-state index in [0.29, 0.717) is 22.3 Å². The Labute approximate surface area is 89.1 Å². The van der Waals surface area contributed by atoms with Gasteiger partial charge in [0.25, 0.3) is 0 Å². The molecule has 0 bridgehead atoms. The van der Waals surface area contributed by atoms with Crippen molar-refractivity contribution in [3.8, 4) is 0 Å². The maximum absolute atomic E-state index is 11.2. The predicted octanol–water partition coefficient (Wildman–Crippen LogP) is 2.37. The van der Waals surface area contributed by atoms with Gasteiger partial charge in [0, 0.05) is 4.83 Å². The summed E-state index contributed by atoms with van der Waals surface area (Å²) >= 11 is 3.64. The maximum Gasteiger partial charge on any atom is 0.150 e. The maximum atomic E-state index is 11.2. The van der Waals surface area contributed by atoms with Crippen LogP contribution in [0.4, 0.5) is 0 Å². The smallest absolute Gasteiger partial charge is 0.150 e. The van der Waals surface area contributed by atoms with Crippen molar-refractivity contribution in [2.75, 3.05) is 11.5 Å². The molecule has 2 nitrogen and oxygen atoms in total. The summed E-state index contributed by atoms with van der Waals surface area (Å²) in [6, 6.07) is 0. The largest absolute Gasteiger partial charge is 0.229 e. The van der Waals surface area contributed by atoms with Crippen LogP contribution in [-0.4, -0.2) is 24.8 Å². The predicted molar refractivity (Wildman–Crippen MR) is 59.0 cm³/mol. The molecule has 1 saturated heterocycles. The van der Waals surface area contributed by atoms with Crippen molar-refractivity contribution in [1.29, 1.82) is 0 Å². The van der Waals surface area contributed by atoms with E-state index < -0.39 is 9.84 Å². The molecule has 0 aliphatic carbocycles. The van der Waals surface area contributed by atoms with E-state index in [-0.39, 0.29) is 0 Å². The Morgan fingerprint density at radius 1 is 1.38 bits per heavy atom. The van der Waals surface area contributed by atoms with Crippen LogP contribution in [-0.2, 0) is 9.84 Å². The first-order valence-corrected chi connectivity index (χ1v) is 7.63. The summed E-state index contributed by atoms with van der Waals surface area (Å²) in [5.41, 5.74) is 0. The second kappa shape index (κ2) is 4.78. The number of hydrogen-bond donors (Lipinski definition) is 0. The molecule has 1 atom stereocenters. The fraction of sp³-hybridized carbons (Fsp3) is 1.00. The highest BCUT2D eigenvalue weighted by atomic mass is 79.9. The molecular formula is C9H17BrO2S. The molecule has 78 valence electrons. The van der Waals surface area contributed by atoms with E-state index in [1.807, 2.05) is 0 Å². The van der Waals surface area contributed by atoms with Crippen LogP contribution in [0.2, 0.25) is 0 Å². The van der Waals surface area contributed by atoms with Gasteiger partial charge in [-0.2, -0.15) is 0 Å². The Bertz CT molecular complexity index is 234. The van der Waals surface area contributed by atoms with E-state index in [2.05, 4.69) is 22.9 Å². The molecule has 0 radical (unpaired) electrons. The van der Waals surface area contributed by atoms with Gasteiger partial charge in [-0.3, -0.25) is 0 Å². The third kappa shape index (κ3) is 3.58. The van der Waals surface area contributed by atoms with Gasteiger partial charge < -0.3 is 0 Å². The first-order valence-electron chi connectivity index (χ1n) is 4.89. The second-order valence-electron chi connectivity index (χ2n) is 3.79. The van der Waals surface area contributed by atoms with E-state index in [1.54, 1.807) is 0 Å². The van der Waals surface area contributed by atoms with Gasteiger partial charge >= 0.3 is 0 Å². The highest BCUT2D eigenvalue weighted by Crippen LogP contribution is 2.29. The minimum absolute atomic E-state index is 0.392. The topological polar surface area (TPSA) is 34.1 Å². The van der Waals surface area contributed by atoms with Crippen LogP contribution in [0, 0.1) is 5.92 Å². The standard InChI is InChI=1S/C9H17BrO2S/c1-2-3-9(10)8-4-6-13(11,12)7-5-8/h8-9H,2-7H2,1H3. The van der Waals surface area contributed by atoms with Gasteiger partial charge in [0.2, 0.25) is 0 Å². The minimum Gasteiger partial charge on any atom is -0.229 e. The van der Waals surface area contributed by atoms with Crippen molar-refractivity contribution >= 4 is 25.8 Å². The van der Waals surface area contributed by atoms with Gasteiger partial charge in [-0.25, -0.2) is 8.42 Å². The lowest BCUT2D eigenvalue weighted by Crippen LogP contribution is -2.28. The Balaban J connectivity index is 2.40. The van der Waals surface area contributed by atoms with Gasteiger partial charge in [-0.05, 0) is 25.2 Å². The van der Waals surface area contributed by atoms with E-state index in [1.165, 1.54) is 6.42 Å². The molecule has 13 heavy (non-hydrogen) atoms. The molecule has 0 amide bonds. The Morgan fingerprint density at radius 2 is 1.92 bits per heavy atom. The molecule has 0 spiro atoms. The molecule has 1 fully saturated rings. The summed E-state index contributed by atoms with van der Waals surface area (Å²) in [5.74, 6) is 1.36. The third-order valence-electron chi connectivity index (χ3n) is 2.68. The summed E-state index contributed by atoms with van der Waals surface area (Å²) in [4.78, 5) is 0.521. The van der Waals surface area contributed by atoms with Crippen molar-refractivity contribution in [2.24, 2.45) is 5.92 Å². The molecule has 1 rings (SSSR count). The van der Waals surface area contributed by atoms with E-state index in [0.717, 1.165) is 19.3 Å². The zero-order chi connectivity index (χ0) is 9.90. The first kappa shape index (κ1) is 11.5. The number of rotatable bonds is 3. The fourth-order valence-electron chi connectivity index (χ4n) is 1.78. The van der Waals surface area contributed by atoms with E-state index >= 15 is 0 Å². The van der Waals surface area contributed by atoms with Crippen LogP contribution < -0.4 is 0 Å². The Morgan fingerprint density at radius 3 is 2.38 bits per heavy atom. The molecule has 0 N–H and O–H groups in total. The number of sulfone groups is 1. The van der Waals surface area contributed by atoms with Gasteiger partial charge in [0.1, 0.15) is 9.84 Å². The summed E-state index contributed by atoms with van der Waals surface area (Å²) in [6.07, 6.45) is 4.01. The Hall–Kier alpha value is 0.430. The van der Waals surface area contributed by atoms with Crippen molar-refractivity contribution in [3.63, 3.8) is 0 Å². The summed E-state index contributed by atoms with van der Waals surface area (Å²) in [5, 5.41) is 0. The van der Waals surface area contributed by atoms with Gasteiger partial charge in [0.05, 0.1) is 11.5 Å². The SMILES string of the molecule is CCCC(Br)C1CCS(=O)(=O)CC1. The van der Waals surface area contributed by atoms with Crippen molar-refractivity contribution in [2.45, 2.75) is 37.4 Å². The average Bonchev–Trinajstić information content (AvgIpc) is 2.04. The van der Waals surface area contributed by atoms with Crippen LogP contribution in [0.3, 0.4) is 0 Å². The number of alkyl halides is 1. The summed E-state index contributed by atoms with van der Waals surface area (Å²) in [7, 11) is -2.68. The van der Waals surface area contributed by atoms with Gasteiger partial charge in [0.15, 0.2) is 0 Å². The zero-order valence-corrected chi connectivity index (χ0v) is 10.4. The van der Waals surface area contributed by atoms with Crippen LogP contribution >= 0.6 is 15.9 Å². The first-order chi connectivity index (χ1) is 6.05. The van der Waals surface area contributed by atoms with Gasteiger partial charge in [-0.1, -0.05) is 29.3 Å². The monoisotopic (exact) mass is 268 g/mol. The van der Waals surface area contributed by atoms with E-state index in [4.69, 9.17) is 0 Å². The average molecular weight is 269 g/mol. The molecular weight excluding hydrogens is 252 g/mol. The number of hydrogen-bond acceptors (Lipinski definition) is 2. The third-order valence-corrected chi connectivity index (χ3v) is 5.60. The second-order valence-corrected chi connectivity index (χ2v) is 7.27. The molecule has 4 heteroatoms. The molecule has 1 aliphatic heterocycles. The normalized spacial score (nSPS) is 25.7.